The summed E-state index contributed by atoms with van der Waals surface area (Å²) in [6, 6.07) is 0.0486. The molecule has 0 radical (unpaired) electrons. The maximum Gasteiger partial charge on any atom is 0.323 e. The average molecular weight is 243 g/mol. The van der Waals surface area contributed by atoms with Crippen molar-refractivity contribution in [3.63, 3.8) is 0 Å². The minimum atomic E-state index is -0.159. The van der Waals surface area contributed by atoms with Gasteiger partial charge in [0.1, 0.15) is 6.04 Å². The first-order valence-electron chi connectivity index (χ1n) is 6.51. The van der Waals surface area contributed by atoms with Crippen LogP contribution in [0.1, 0.15) is 33.6 Å². The van der Waals surface area contributed by atoms with E-state index in [1.54, 1.807) is 0 Å². The predicted octanol–water partition coefficient (Wildman–Crippen LogP) is 1.59. The number of ether oxygens (including phenoxy) is 2. The minimum absolute atomic E-state index is 0.144. The van der Waals surface area contributed by atoms with Gasteiger partial charge in [-0.2, -0.15) is 0 Å². The van der Waals surface area contributed by atoms with Crippen molar-refractivity contribution in [2.45, 2.75) is 45.7 Å². The Morgan fingerprint density at radius 3 is 2.47 bits per heavy atom. The molecule has 0 aromatic heterocycles. The molecule has 0 aromatic rings. The number of rotatable bonds is 8. The van der Waals surface area contributed by atoms with Gasteiger partial charge in [0.2, 0.25) is 0 Å². The van der Waals surface area contributed by atoms with E-state index in [-0.39, 0.29) is 18.1 Å². The van der Waals surface area contributed by atoms with E-state index in [1.165, 1.54) is 7.11 Å². The third-order valence-electron chi connectivity index (χ3n) is 3.25. The van der Waals surface area contributed by atoms with Gasteiger partial charge in [0.15, 0.2) is 0 Å². The molecule has 100 valence electrons. The monoisotopic (exact) mass is 243 g/mol. The molecule has 1 saturated carbocycles. The van der Waals surface area contributed by atoms with Crippen molar-refractivity contribution in [3.05, 3.63) is 0 Å². The average Bonchev–Trinajstić information content (AvgIpc) is 3.12. The van der Waals surface area contributed by atoms with Crippen LogP contribution in [0.15, 0.2) is 0 Å². The number of methoxy groups -OCH3 is 1. The van der Waals surface area contributed by atoms with Crippen molar-refractivity contribution in [2.75, 3.05) is 20.3 Å². The van der Waals surface area contributed by atoms with Crippen LogP contribution >= 0.6 is 0 Å². The second kappa shape index (κ2) is 6.97. The Morgan fingerprint density at radius 1 is 1.41 bits per heavy atom. The van der Waals surface area contributed by atoms with E-state index in [0.717, 1.165) is 12.8 Å². The summed E-state index contributed by atoms with van der Waals surface area (Å²) in [4.78, 5) is 11.7. The van der Waals surface area contributed by atoms with Crippen molar-refractivity contribution in [1.29, 1.82) is 0 Å². The Labute approximate surface area is 104 Å². The molecule has 4 heteroatoms. The summed E-state index contributed by atoms with van der Waals surface area (Å²) in [6.07, 6.45) is 2.23. The van der Waals surface area contributed by atoms with Crippen LogP contribution in [-0.4, -0.2) is 38.4 Å². The molecule has 1 rings (SSSR count). The summed E-state index contributed by atoms with van der Waals surface area (Å²) in [5.41, 5.74) is 0. The van der Waals surface area contributed by atoms with Gasteiger partial charge in [0.05, 0.1) is 13.7 Å². The van der Waals surface area contributed by atoms with Crippen molar-refractivity contribution in [1.82, 2.24) is 5.32 Å². The standard InChI is InChI=1S/C13H25NO3/c1-5-17-8-11(9(2)3)14-12(10-6-7-10)13(15)16-4/h9-12,14H,5-8H2,1-4H3. The second-order valence-electron chi connectivity index (χ2n) is 5.01. The summed E-state index contributed by atoms with van der Waals surface area (Å²) >= 11 is 0. The molecule has 0 amide bonds. The zero-order valence-corrected chi connectivity index (χ0v) is 11.4. The van der Waals surface area contributed by atoms with Crippen LogP contribution in [0.5, 0.6) is 0 Å². The summed E-state index contributed by atoms with van der Waals surface area (Å²) in [7, 11) is 1.45. The Morgan fingerprint density at radius 2 is 2.06 bits per heavy atom. The van der Waals surface area contributed by atoms with Crippen LogP contribution in [0.2, 0.25) is 0 Å². The first-order valence-corrected chi connectivity index (χ1v) is 6.51. The van der Waals surface area contributed by atoms with E-state index in [4.69, 9.17) is 9.47 Å². The molecule has 1 aliphatic carbocycles. The lowest BCUT2D eigenvalue weighted by molar-refractivity contribution is -0.144. The molecule has 2 unspecified atom stereocenters. The zero-order valence-electron chi connectivity index (χ0n) is 11.4. The van der Waals surface area contributed by atoms with Gasteiger partial charge >= 0.3 is 5.97 Å². The molecule has 0 aromatic carbocycles. The Hall–Kier alpha value is -0.610. The van der Waals surface area contributed by atoms with Gasteiger partial charge in [-0.25, -0.2) is 0 Å². The van der Waals surface area contributed by atoms with Gasteiger partial charge in [0.25, 0.3) is 0 Å². The number of esters is 1. The van der Waals surface area contributed by atoms with Crippen molar-refractivity contribution < 1.29 is 14.3 Å². The molecule has 0 saturated heterocycles. The number of carbonyl (C=O) groups is 1. The lowest BCUT2D eigenvalue weighted by Gasteiger charge is -2.26. The highest BCUT2D eigenvalue weighted by molar-refractivity contribution is 5.76. The molecule has 2 atom stereocenters. The van der Waals surface area contributed by atoms with Gasteiger partial charge in [-0.3, -0.25) is 10.1 Å². The highest BCUT2D eigenvalue weighted by Gasteiger charge is 2.38. The summed E-state index contributed by atoms with van der Waals surface area (Å²) < 4.78 is 10.3. The van der Waals surface area contributed by atoms with Crippen LogP contribution in [0.25, 0.3) is 0 Å². The maximum absolute atomic E-state index is 11.7. The molecule has 1 N–H and O–H groups in total. The Balaban J connectivity index is 2.52. The van der Waals surface area contributed by atoms with Crippen LogP contribution in [0.3, 0.4) is 0 Å². The fraction of sp³-hybridized carbons (Fsp3) is 0.923. The molecular formula is C13H25NO3. The summed E-state index contributed by atoms with van der Waals surface area (Å²) in [5, 5.41) is 3.40. The number of hydrogen-bond acceptors (Lipinski definition) is 4. The fourth-order valence-corrected chi connectivity index (χ4v) is 1.86. The Kier molecular flexibility index (Phi) is 5.92. The van der Waals surface area contributed by atoms with E-state index in [0.29, 0.717) is 25.0 Å². The normalized spacial score (nSPS) is 19.1. The van der Waals surface area contributed by atoms with E-state index < -0.39 is 0 Å². The molecule has 0 bridgehead atoms. The third-order valence-corrected chi connectivity index (χ3v) is 3.25. The highest BCUT2D eigenvalue weighted by atomic mass is 16.5. The molecule has 0 aliphatic heterocycles. The van der Waals surface area contributed by atoms with Gasteiger partial charge < -0.3 is 9.47 Å². The SMILES string of the molecule is CCOCC(NC(C(=O)OC)C1CC1)C(C)C. The number of nitrogens with one attached hydrogen (secondary N) is 1. The Bertz CT molecular complexity index is 239. The highest BCUT2D eigenvalue weighted by Crippen LogP contribution is 2.33. The second-order valence-corrected chi connectivity index (χ2v) is 5.01. The number of carbonyl (C=O) groups excluding carboxylic acids is 1. The van der Waals surface area contributed by atoms with E-state index in [2.05, 4.69) is 19.2 Å². The van der Waals surface area contributed by atoms with Gasteiger partial charge in [0, 0.05) is 12.6 Å². The summed E-state index contributed by atoms with van der Waals surface area (Å²) in [5.74, 6) is 0.743. The van der Waals surface area contributed by atoms with E-state index >= 15 is 0 Å². The van der Waals surface area contributed by atoms with Crippen LogP contribution in [0.4, 0.5) is 0 Å². The fourth-order valence-electron chi connectivity index (χ4n) is 1.86. The maximum atomic E-state index is 11.7. The molecule has 1 aliphatic rings. The van der Waals surface area contributed by atoms with E-state index in [9.17, 15) is 4.79 Å². The first kappa shape index (κ1) is 14.5. The van der Waals surface area contributed by atoms with Gasteiger partial charge in [-0.05, 0) is 31.6 Å². The minimum Gasteiger partial charge on any atom is -0.468 e. The smallest absolute Gasteiger partial charge is 0.323 e. The molecule has 0 heterocycles. The lowest BCUT2D eigenvalue weighted by atomic mass is 10.0. The lowest BCUT2D eigenvalue weighted by Crippen LogP contribution is -2.49. The van der Waals surface area contributed by atoms with E-state index in [1.807, 2.05) is 6.92 Å². The molecular weight excluding hydrogens is 218 g/mol. The topological polar surface area (TPSA) is 47.6 Å². The van der Waals surface area contributed by atoms with Gasteiger partial charge in [-0.1, -0.05) is 13.8 Å². The van der Waals surface area contributed by atoms with Crippen LogP contribution in [-0.2, 0) is 14.3 Å². The largest absolute Gasteiger partial charge is 0.468 e. The first-order chi connectivity index (χ1) is 8.10. The predicted molar refractivity (Wildman–Crippen MR) is 66.8 cm³/mol. The molecule has 0 spiro atoms. The van der Waals surface area contributed by atoms with Crippen molar-refractivity contribution >= 4 is 5.97 Å². The van der Waals surface area contributed by atoms with Crippen molar-refractivity contribution in [3.8, 4) is 0 Å². The quantitative estimate of drug-likeness (QED) is 0.658. The molecule has 4 nitrogen and oxygen atoms in total. The summed E-state index contributed by atoms with van der Waals surface area (Å²) in [6.45, 7) is 7.61. The van der Waals surface area contributed by atoms with Crippen LogP contribution in [0, 0.1) is 11.8 Å². The van der Waals surface area contributed by atoms with Crippen LogP contribution < -0.4 is 5.32 Å². The molecule has 17 heavy (non-hydrogen) atoms. The third kappa shape index (κ3) is 4.64. The molecule has 1 fully saturated rings. The van der Waals surface area contributed by atoms with Gasteiger partial charge in [-0.15, -0.1) is 0 Å². The zero-order chi connectivity index (χ0) is 12.8. The van der Waals surface area contributed by atoms with Crippen molar-refractivity contribution in [2.24, 2.45) is 11.8 Å². The number of hydrogen-bond donors (Lipinski definition) is 1.